The number of anilines is 1. The number of nitrogens with one attached hydrogen (secondary N) is 1. The Morgan fingerprint density at radius 1 is 1.18 bits per heavy atom. The van der Waals surface area contributed by atoms with Crippen LogP contribution in [0.4, 0.5) is 11.4 Å². The number of carboxylic acid groups (broad SMARTS) is 1. The number of amidine groups is 1. The van der Waals surface area contributed by atoms with Gasteiger partial charge in [-0.15, -0.1) is 0 Å². The van der Waals surface area contributed by atoms with E-state index < -0.39 is 11.2 Å². The van der Waals surface area contributed by atoms with Gasteiger partial charge in [-0.25, -0.2) is 9.79 Å². The predicted molar refractivity (Wildman–Crippen MR) is 109 cm³/mol. The summed E-state index contributed by atoms with van der Waals surface area (Å²) in [6.07, 6.45) is 0.0748. The summed E-state index contributed by atoms with van der Waals surface area (Å²) in [4.78, 5) is 42.2. The van der Waals surface area contributed by atoms with Gasteiger partial charge in [0.1, 0.15) is 5.25 Å². The highest BCUT2D eigenvalue weighted by atomic mass is 32.2. The van der Waals surface area contributed by atoms with Crippen molar-refractivity contribution in [3.05, 3.63) is 60.2 Å². The summed E-state index contributed by atoms with van der Waals surface area (Å²) in [5.41, 5.74) is 1.32. The molecule has 3 rings (SSSR count). The summed E-state index contributed by atoms with van der Waals surface area (Å²) in [6, 6.07) is 15.1. The molecule has 2 aromatic rings. The monoisotopic (exact) mass is 397 g/mol. The predicted octanol–water partition coefficient (Wildman–Crippen LogP) is 3.37. The zero-order valence-corrected chi connectivity index (χ0v) is 16.0. The van der Waals surface area contributed by atoms with Crippen molar-refractivity contribution in [2.24, 2.45) is 4.99 Å². The molecule has 0 unspecified atom stereocenters. The lowest BCUT2D eigenvalue weighted by Gasteiger charge is -2.30. The van der Waals surface area contributed by atoms with Crippen molar-refractivity contribution in [2.75, 3.05) is 11.9 Å². The average molecular weight is 397 g/mol. The van der Waals surface area contributed by atoms with Gasteiger partial charge in [0.25, 0.3) is 0 Å². The third-order valence-corrected chi connectivity index (χ3v) is 5.32. The molecule has 7 nitrogen and oxygen atoms in total. The molecule has 2 N–H and O–H groups in total. The standard InChI is InChI=1S/C20H19N3O4S/c1-2-23-17(24)12-16(28-20(23)22-14-6-4-3-5-7-14)18(25)21-15-10-8-13(9-11-15)19(26)27/h3-11,16H,2,12H2,1H3,(H,21,25)(H,26,27)/t16-/m0/s1. The van der Waals surface area contributed by atoms with Crippen LogP contribution in [-0.4, -0.2) is 44.8 Å². The Bertz CT molecular complexity index is 913. The molecular weight excluding hydrogens is 378 g/mol. The van der Waals surface area contributed by atoms with Crippen molar-refractivity contribution in [3.63, 3.8) is 0 Å². The Labute approximate surface area is 166 Å². The molecular formula is C20H19N3O4S. The first-order valence-electron chi connectivity index (χ1n) is 8.73. The SMILES string of the molecule is CCN1C(=O)C[C@@H](C(=O)Nc2ccc(C(=O)O)cc2)SC1=Nc1ccccc1. The zero-order valence-electron chi connectivity index (χ0n) is 15.2. The van der Waals surface area contributed by atoms with E-state index in [4.69, 9.17) is 5.11 Å². The Hall–Kier alpha value is -3.13. The quantitative estimate of drug-likeness (QED) is 0.806. The smallest absolute Gasteiger partial charge is 0.335 e. The minimum Gasteiger partial charge on any atom is -0.478 e. The molecule has 0 aliphatic carbocycles. The Morgan fingerprint density at radius 2 is 1.86 bits per heavy atom. The first-order chi connectivity index (χ1) is 13.5. The second-order valence-corrected chi connectivity index (χ2v) is 7.22. The van der Waals surface area contributed by atoms with Gasteiger partial charge in [-0.05, 0) is 43.3 Å². The van der Waals surface area contributed by atoms with Crippen LogP contribution >= 0.6 is 11.8 Å². The van der Waals surface area contributed by atoms with E-state index in [1.165, 1.54) is 36.0 Å². The van der Waals surface area contributed by atoms with Crippen molar-refractivity contribution in [2.45, 2.75) is 18.6 Å². The molecule has 1 heterocycles. The lowest BCUT2D eigenvalue weighted by atomic mass is 10.2. The van der Waals surface area contributed by atoms with Gasteiger partial charge in [0.2, 0.25) is 11.8 Å². The number of nitrogens with zero attached hydrogens (tertiary/aromatic N) is 2. The Kier molecular flexibility index (Phi) is 6.10. The van der Waals surface area contributed by atoms with Crippen LogP contribution in [0.2, 0.25) is 0 Å². The highest BCUT2D eigenvalue weighted by Gasteiger charge is 2.35. The van der Waals surface area contributed by atoms with Crippen molar-refractivity contribution in [3.8, 4) is 0 Å². The Balaban J connectivity index is 1.76. The van der Waals surface area contributed by atoms with E-state index in [0.29, 0.717) is 23.1 Å². The van der Waals surface area contributed by atoms with E-state index in [0.717, 1.165) is 0 Å². The van der Waals surface area contributed by atoms with Crippen LogP contribution in [0, 0.1) is 0 Å². The zero-order chi connectivity index (χ0) is 20.1. The minimum atomic E-state index is -1.03. The van der Waals surface area contributed by atoms with E-state index in [2.05, 4.69) is 10.3 Å². The molecule has 1 aliphatic rings. The highest BCUT2D eigenvalue weighted by Crippen LogP contribution is 2.29. The fourth-order valence-corrected chi connectivity index (χ4v) is 3.85. The first kappa shape index (κ1) is 19.6. The number of carbonyl (C=O) groups excluding carboxylic acids is 2. The normalized spacial score (nSPS) is 18.2. The van der Waals surface area contributed by atoms with Gasteiger partial charge in [0.15, 0.2) is 5.17 Å². The second-order valence-electron chi connectivity index (χ2n) is 6.05. The molecule has 2 aromatic carbocycles. The van der Waals surface area contributed by atoms with Crippen LogP contribution in [0.5, 0.6) is 0 Å². The number of carboxylic acids is 1. The summed E-state index contributed by atoms with van der Waals surface area (Å²) >= 11 is 1.25. The molecule has 1 atom stereocenters. The van der Waals surface area contributed by atoms with E-state index in [1.807, 2.05) is 37.3 Å². The molecule has 1 aliphatic heterocycles. The van der Waals surface area contributed by atoms with Crippen LogP contribution in [0.15, 0.2) is 59.6 Å². The van der Waals surface area contributed by atoms with Gasteiger partial charge in [-0.2, -0.15) is 0 Å². The number of para-hydroxylation sites is 1. The van der Waals surface area contributed by atoms with Gasteiger partial charge in [-0.3, -0.25) is 14.5 Å². The van der Waals surface area contributed by atoms with Crippen LogP contribution in [0.3, 0.4) is 0 Å². The van der Waals surface area contributed by atoms with Gasteiger partial charge >= 0.3 is 5.97 Å². The van der Waals surface area contributed by atoms with Crippen LogP contribution < -0.4 is 5.32 Å². The number of rotatable bonds is 5. The van der Waals surface area contributed by atoms with Gasteiger partial charge < -0.3 is 10.4 Å². The third kappa shape index (κ3) is 4.58. The van der Waals surface area contributed by atoms with E-state index in [1.54, 1.807) is 4.90 Å². The maximum Gasteiger partial charge on any atom is 0.335 e. The largest absolute Gasteiger partial charge is 0.478 e. The molecule has 1 fully saturated rings. The molecule has 8 heteroatoms. The summed E-state index contributed by atoms with van der Waals surface area (Å²) in [7, 11) is 0. The lowest BCUT2D eigenvalue weighted by Crippen LogP contribution is -2.45. The molecule has 2 amide bonds. The number of aromatic carboxylic acids is 1. The van der Waals surface area contributed by atoms with Gasteiger partial charge in [-0.1, -0.05) is 30.0 Å². The summed E-state index contributed by atoms with van der Waals surface area (Å²) in [5.74, 6) is -1.51. The van der Waals surface area contributed by atoms with Crippen molar-refractivity contribution in [1.82, 2.24) is 4.90 Å². The first-order valence-corrected chi connectivity index (χ1v) is 9.61. The van der Waals surface area contributed by atoms with Gasteiger partial charge in [0.05, 0.1) is 11.3 Å². The fourth-order valence-electron chi connectivity index (χ4n) is 2.68. The molecule has 144 valence electrons. The molecule has 0 spiro atoms. The number of amides is 2. The molecule has 0 bridgehead atoms. The number of aliphatic imine (C=N–C) groups is 1. The van der Waals surface area contributed by atoms with Crippen LogP contribution in [-0.2, 0) is 9.59 Å². The third-order valence-electron chi connectivity index (χ3n) is 4.13. The number of hydrogen-bond donors (Lipinski definition) is 2. The Morgan fingerprint density at radius 3 is 2.46 bits per heavy atom. The summed E-state index contributed by atoms with van der Waals surface area (Å²) in [6.45, 7) is 2.34. The number of benzene rings is 2. The van der Waals surface area contributed by atoms with Crippen molar-refractivity contribution in [1.29, 1.82) is 0 Å². The average Bonchev–Trinajstić information content (AvgIpc) is 2.69. The molecule has 0 saturated carbocycles. The fraction of sp³-hybridized carbons (Fsp3) is 0.200. The number of carbonyl (C=O) groups is 3. The van der Waals surface area contributed by atoms with Crippen molar-refractivity contribution >= 4 is 46.1 Å². The maximum atomic E-state index is 12.7. The van der Waals surface area contributed by atoms with Gasteiger partial charge in [0, 0.05) is 18.7 Å². The molecule has 0 radical (unpaired) electrons. The minimum absolute atomic E-state index is 0.0748. The maximum absolute atomic E-state index is 12.7. The van der Waals surface area contributed by atoms with Crippen molar-refractivity contribution < 1.29 is 19.5 Å². The highest BCUT2D eigenvalue weighted by molar-refractivity contribution is 8.15. The van der Waals surface area contributed by atoms with E-state index >= 15 is 0 Å². The van der Waals surface area contributed by atoms with E-state index in [-0.39, 0.29) is 23.8 Å². The molecule has 0 aromatic heterocycles. The summed E-state index contributed by atoms with van der Waals surface area (Å²) < 4.78 is 0. The second kappa shape index (κ2) is 8.71. The molecule has 28 heavy (non-hydrogen) atoms. The molecule has 1 saturated heterocycles. The topological polar surface area (TPSA) is 99.1 Å². The number of hydrogen-bond acceptors (Lipinski definition) is 5. The summed E-state index contributed by atoms with van der Waals surface area (Å²) in [5, 5.41) is 11.6. The lowest BCUT2D eigenvalue weighted by molar-refractivity contribution is -0.129. The van der Waals surface area contributed by atoms with Crippen LogP contribution in [0.1, 0.15) is 23.7 Å². The van der Waals surface area contributed by atoms with E-state index in [9.17, 15) is 14.4 Å². The number of thioether (sulfide) groups is 1. The van der Waals surface area contributed by atoms with Crippen LogP contribution in [0.25, 0.3) is 0 Å².